The zero-order valence-electron chi connectivity index (χ0n) is 14.4. The average Bonchev–Trinajstić information content (AvgIpc) is 2.65. The molecular formula is C19H14F2N4O2S. The summed E-state index contributed by atoms with van der Waals surface area (Å²) < 4.78 is 54.9. The van der Waals surface area contributed by atoms with Gasteiger partial charge in [0.05, 0.1) is 12.2 Å². The highest BCUT2D eigenvalue weighted by Crippen LogP contribution is 2.36. The number of pyridine rings is 1. The Balaban J connectivity index is 1.78. The van der Waals surface area contributed by atoms with Gasteiger partial charge in [0.15, 0.2) is 0 Å². The van der Waals surface area contributed by atoms with Crippen molar-refractivity contribution >= 4 is 21.7 Å². The van der Waals surface area contributed by atoms with Crippen LogP contribution in [0.25, 0.3) is 11.1 Å². The summed E-state index contributed by atoms with van der Waals surface area (Å²) in [4.78, 5) is 8.14. The zero-order chi connectivity index (χ0) is 19.7. The molecule has 3 aromatic rings. The van der Waals surface area contributed by atoms with Crippen LogP contribution in [-0.4, -0.2) is 19.4 Å². The van der Waals surface area contributed by atoms with E-state index in [9.17, 15) is 17.2 Å². The Morgan fingerprint density at radius 2 is 1.71 bits per heavy atom. The Morgan fingerprint density at radius 3 is 2.43 bits per heavy atom. The molecule has 2 aromatic carbocycles. The molecule has 0 radical (unpaired) electrons. The van der Waals surface area contributed by atoms with E-state index in [1.54, 1.807) is 30.6 Å². The Kier molecular flexibility index (Phi) is 4.52. The van der Waals surface area contributed by atoms with Crippen LogP contribution in [0.15, 0.2) is 70.8 Å². The molecule has 2 N–H and O–H groups in total. The minimum atomic E-state index is -3.89. The van der Waals surface area contributed by atoms with Gasteiger partial charge in [0.25, 0.3) is 10.0 Å². The van der Waals surface area contributed by atoms with E-state index in [-0.39, 0.29) is 28.7 Å². The Bertz CT molecular complexity index is 1160. The number of hydrogen-bond donors (Lipinski definition) is 2. The summed E-state index contributed by atoms with van der Waals surface area (Å²) in [5.41, 5.74) is 1.61. The van der Waals surface area contributed by atoms with Gasteiger partial charge in [-0.25, -0.2) is 26.9 Å². The third-order valence-corrected chi connectivity index (χ3v) is 5.51. The van der Waals surface area contributed by atoms with Crippen LogP contribution in [0.1, 0.15) is 5.56 Å². The van der Waals surface area contributed by atoms with E-state index in [1.165, 1.54) is 12.1 Å². The number of benzene rings is 2. The molecule has 142 valence electrons. The molecule has 2 heterocycles. The van der Waals surface area contributed by atoms with Gasteiger partial charge in [0, 0.05) is 24.0 Å². The standard InChI is InChI=1S/C19H14F2N4O2S/c20-14-8-13(9-15(21)10-14)16-2-1-3-17-18(16)24-19(25-28(17,26)27)23-11-12-4-6-22-7-5-12/h1-10H,11H2,(H2,23,24,25). The van der Waals surface area contributed by atoms with Gasteiger partial charge in [-0.1, -0.05) is 12.1 Å². The van der Waals surface area contributed by atoms with Gasteiger partial charge in [-0.15, -0.1) is 0 Å². The van der Waals surface area contributed by atoms with Crippen molar-refractivity contribution in [3.05, 3.63) is 78.1 Å². The van der Waals surface area contributed by atoms with Gasteiger partial charge in [-0.3, -0.25) is 4.98 Å². The summed E-state index contributed by atoms with van der Waals surface area (Å²) in [6.07, 6.45) is 3.22. The number of hydrogen-bond acceptors (Lipinski definition) is 4. The second-order valence-electron chi connectivity index (χ2n) is 6.09. The van der Waals surface area contributed by atoms with Crippen LogP contribution in [0.2, 0.25) is 0 Å². The van der Waals surface area contributed by atoms with E-state index in [2.05, 4.69) is 20.0 Å². The van der Waals surface area contributed by atoms with Crippen LogP contribution in [0.3, 0.4) is 0 Å². The maximum Gasteiger partial charge on any atom is 0.266 e. The first kappa shape index (κ1) is 18.1. The normalized spacial score (nSPS) is 16.1. The summed E-state index contributed by atoms with van der Waals surface area (Å²) in [6.45, 7) is 0.222. The van der Waals surface area contributed by atoms with Gasteiger partial charge in [-0.2, -0.15) is 0 Å². The number of aliphatic imine (C=N–C) groups is 1. The summed E-state index contributed by atoms with van der Waals surface area (Å²) in [6, 6.07) is 11.1. The lowest BCUT2D eigenvalue weighted by atomic mass is 10.0. The van der Waals surface area contributed by atoms with Gasteiger partial charge < -0.3 is 5.32 Å². The molecule has 6 nitrogen and oxygen atoms in total. The van der Waals surface area contributed by atoms with Crippen molar-refractivity contribution in [2.24, 2.45) is 4.99 Å². The summed E-state index contributed by atoms with van der Waals surface area (Å²) >= 11 is 0. The molecule has 9 heteroatoms. The summed E-state index contributed by atoms with van der Waals surface area (Å²) in [5, 5.41) is 2.93. The number of rotatable bonds is 3. The molecule has 0 saturated heterocycles. The number of anilines is 1. The number of nitrogens with zero attached hydrogens (tertiary/aromatic N) is 2. The molecule has 1 aromatic heterocycles. The summed E-state index contributed by atoms with van der Waals surface area (Å²) in [5.74, 6) is -1.49. The Hall–Kier alpha value is -3.33. The van der Waals surface area contributed by atoms with Crippen LogP contribution in [0, 0.1) is 11.6 Å². The highest BCUT2D eigenvalue weighted by atomic mass is 32.2. The van der Waals surface area contributed by atoms with E-state index < -0.39 is 21.7 Å². The number of halogens is 2. The van der Waals surface area contributed by atoms with Crippen molar-refractivity contribution < 1.29 is 17.2 Å². The molecule has 0 atom stereocenters. The zero-order valence-corrected chi connectivity index (χ0v) is 15.2. The SMILES string of the molecule is O=S1(=O)NC(=NCc2ccncc2)Nc2c(-c3cc(F)cc(F)c3)cccc21. The quantitative estimate of drug-likeness (QED) is 0.707. The van der Waals surface area contributed by atoms with Crippen LogP contribution in [-0.2, 0) is 16.6 Å². The topological polar surface area (TPSA) is 83.5 Å². The lowest BCUT2D eigenvalue weighted by molar-refractivity contribution is 0.584. The molecule has 0 fully saturated rings. The number of aromatic nitrogens is 1. The van der Waals surface area contributed by atoms with Crippen molar-refractivity contribution in [3.63, 3.8) is 0 Å². The van der Waals surface area contributed by atoms with Crippen molar-refractivity contribution in [1.82, 2.24) is 9.71 Å². The number of fused-ring (bicyclic) bond motifs is 1. The number of nitrogens with one attached hydrogen (secondary N) is 2. The van der Waals surface area contributed by atoms with Crippen molar-refractivity contribution in [3.8, 4) is 11.1 Å². The molecule has 0 aliphatic carbocycles. The Labute approximate surface area is 160 Å². The predicted octanol–water partition coefficient (Wildman–Crippen LogP) is 3.29. The first-order valence-corrected chi connectivity index (χ1v) is 9.73. The molecule has 1 aliphatic rings. The highest BCUT2D eigenvalue weighted by Gasteiger charge is 2.28. The van der Waals surface area contributed by atoms with E-state index in [0.717, 1.165) is 23.8 Å². The van der Waals surface area contributed by atoms with Gasteiger partial charge in [0.2, 0.25) is 5.96 Å². The maximum atomic E-state index is 13.7. The third-order valence-electron chi connectivity index (χ3n) is 4.13. The minimum Gasteiger partial charge on any atom is -0.324 e. The lowest BCUT2D eigenvalue weighted by Gasteiger charge is -2.24. The van der Waals surface area contributed by atoms with E-state index in [0.29, 0.717) is 5.56 Å². The number of guanidine groups is 1. The molecule has 1 aliphatic heterocycles. The molecular weight excluding hydrogens is 386 g/mol. The molecule has 0 saturated carbocycles. The van der Waals surface area contributed by atoms with Crippen LogP contribution >= 0.6 is 0 Å². The fraction of sp³-hybridized carbons (Fsp3) is 0.0526. The first-order valence-electron chi connectivity index (χ1n) is 8.25. The van der Waals surface area contributed by atoms with Crippen LogP contribution in [0.4, 0.5) is 14.5 Å². The van der Waals surface area contributed by atoms with Gasteiger partial charge in [-0.05, 0) is 41.5 Å². The number of para-hydroxylation sites is 1. The Morgan fingerprint density at radius 1 is 1.00 bits per heavy atom. The van der Waals surface area contributed by atoms with E-state index in [1.807, 2.05) is 0 Å². The molecule has 28 heavy (non-hydrogen) atoms. The number of sulfonamides is 1. The first-order chi connectivity index (χ1) is 13.4. The predicted molar refractivity (Wildman–Crippen MR) is 101 cm³/mol. The fourth-order valence-electron chi connectivity index (χ4n) is 2.89. The van der Waals surface area contributed by atoms with Crippen LogP contribution in [0.5, 0.6) is 0 Å². The molecule has 0 unspecified atom stereocenters. The van der Waals surface area contributed by atoms with E-state index in [4.69, 9.17) is 0 Å². The van der Waals surface area contributed by atoms with Crippen LogP contribution < -0.4 is 10.0 Å². The fourth-order valence-corrected chi connectivity index (χ4v) is 4.06. The molecule has 4 rings (SSSR count). The highest BCUT2D eigenvalue weighted by molar-refractivity contribution is 7.90. The van der Waals surface area contributed by atoms with Crippen molar-refractivity contribution in [1.29, 1.82) is 0 Å². The maximum absolute atomic E-state index is 13.7. The molecule has 0 bridgehead atoms. The average molecular weight is 400 g/mol. The van der Waals surface area contributed by atoms with Crippen molar-refractivity contribution in [2.75, 3.05) is 5.32 Å². The lowest BCUT2D eigenvalue weighted by Crippen LogP contribution is -2.41. The van der Waals surface area contributed by atoms with Gasteiger partial charge >= 0.3 is 0 Å². The van der Waals surface area contributed by atoms with Gasteiger partial charge in [0.1, 0.15) is 16.5 Å². The second-order valence-corrected chi connectivity index (χ2v) is 7.74. The monoisotopic (exact) mass is 400 g/mol. The van der Waals surface area contributed by atoms with E-state index >= 15 is 0 Å². The third kappa shape index (κ3) is 3.56. The largest absolute Gasteiger partial charge is 0.324 e. The molecule has 0 spiro atoms. The van der Waals surface area contributed by atoms with Crippen molar-refractivity contribution in [2.45, 2.75) is 11.4 Å². The molecule has 0 amide bonds. The second kappa shape index (κ2) is 7.01. The summed E-state index contributed by atoms with van der Waals surface area (Å²) in [7, 11) is -3.89. The minimum absolute atomic E-state index is 0.0219. The smallest absolute Gasteiger partial charge is 0.266 e.